The zero-order valence-electron chi connectivity index (χ0n) is 8.69. The third kappa shape index (κ3) is 6.52. The van der Waals surface area contributed by atoms with Crippen LogP contribution in [0.25, 0.3) is 0 Å². The van der Waals surface area contributed by atoms with Gasteiger partial charge in [-0.05, 0) is 13.3 Å². The average molecular weight is 212 g/mol. The molecular weight excluding hydrogens is 196 g/mol. The van der Waals surface area contributed by atoms with Crippen LogP contribution in [0.5, 0.6) is 0 Å². The first-order chi connectivity index (χ1) is 6.97. The first kappa shape index (κ1) is 13.5. The summed E-state index contributed by atoms with van der Waals surface area (Å²) in [6, 6.07) is -1.08. The Morgan fingerprint density at radius 2 is 2.20 bits per heavy atom. The zero-order chi connectivity index (χ0) is 11.8. The number of carboxylic acids is 1. The average Bonchev–Trinajstić information content (AvgIpc) is 2.14. The molecule has 0 radical (unpaired) electrons. The summed E-state index contributed by atoms with van der Waals surface area (Å²) in [7, 11) is 0. The highest BCUT2D eigenvalue weighted by atomic mass is 16.4. The van der Waals surface area contributed by atoms with Gasteiger partial charge in [0.1, 0.15) is 6.04 Å². The fourth-order valence-corrected chi connectivity index (χ4v) is 0.943. The van der Waals surface area contributed by atoms with E-state index in [1.165, 1.54) is 0 Å². The molecule has 0 rings (SSSR count). The van der Waals surface area contributed by atoms with Crippen molar-refractivity contribution in [3.63, 3.8) is 0 Å². The minimum atomic E-state index is -1.12. The number of rotatable bonds is 6. The fraction of sp³-hybridized carbons (Fsp3) is 0.600. The maximum Gasteiger partial charge on any atom is 0.327 e. The Kier molecular flexibility index (Phi) is 6.14. The van der Waals surface area contributed by atoms with Gasteiger partial charge in [0.25, 0.3) is 0 Å². The number of nitrogens with two attached hydrogens (primary N) is 1. The second kappa shape index (κ2) is 6.85. The van der Waals surface area contributed by atoms with Crippen LogP contribution >= 0.6 is 0 Å². The largest absolute Gasteiger partial charge is 0.480 e. The van der Waals surface area contributed by atoms with Crippen LogP contribution in [0.1, 0.15) is 26.2 Å². The van der Waals surface area contributed by atoms with Gasteiger partial charge in [0.15, 0.2) is 0 Å². The fourth-order valence-electron chi connectivity index (χ4n) is 0.943. The Morgan fingerprint density at radius 1 is 1.60 bits per heavy atom. The van der Waals surface area contributed by atoms with Crippen LogP contribution in [0.15, 0.2) is 0 Å². The maximum atomic E-state index is 11.2. The molecule has 15 heavy (non-hydrogen) atoms. The molecule has 2 atom stereocenters. The number of terminal acetylenes is 1. The summed E-state index contributed by atoms with van der Waals surface area (Å²) in [5.41, 5.74) is 5.46. The van der Waals surface area contributed by atoms with E-state index in [2.05, 4.69) is 11.2 Å². The number of hydrogen-bond acceptors (Lipinski definition) is 3. The van der Waals surface area contributed by atoms with E-state index in [0.29, 0.717) is 6.42 Å². The first-order valence-corrected chi connectivity index (χ1v) is 4.68. The minimum absolute atomic E-state index is 0.0146. The van der Waals surface area contributed by atoms with Crippen molar-refractivity contribution in [3.8, 4) is 12.3 Å². The van der Waals surface area contributed by atoms with Gasteiger partial charge < -0.3 is 16.2 Å². The van der Waals surface area contributed by atoms with Crippen LogP contribution in [-0.2, 0) is 9.59 Å². The van der Waals surface area contributed by atoms with Gasteiger partial charge in [0, 0.05) is 18.9 Å². The van der Waals surface area contributed by atoms with Crippen molar-refractivity contribution >= 4 is 11.9 Å². The molecule has 84 valence electrons. The predicted molar refractivity (Wildman–Crippen MR) is 55.9 cm³/mol. The molecule has 0 aliphatic rings. The molecule has 0 saturated heterocycles. The number of carboxylic acid groups (broad SMARTS) is 1. The number of hydrogen-bond donors (Lipinski definition) is 3. The Bertz CT molecular complexity index is 268. The molecule has 0 aromatic carbocycles. The predicted octanol–water partition coefficient (Wildman–Crippen LogP) is -0.293. The van der Waals surface area contributed by atoms with Crippen molar-refractivity contribution in [2.75, 3.05) is 0 Å². The molecule has 5 heteroatoms. The van der Waals surface area contributed by atoms with Gasteiger partial charge in [-0.15, -0.1) is 12.3 Å². The molecule has 0 heterocycles. The number of amides is 1. The van der Waals surface area contributed by atoms with E-state index in [4.69, 9.17) is 17.3 Å². The number of nitrogens with one attached hydrogen (secondary N) is 1. The topological polar surface area (TPSA) is 92.4 Å². The number of aliphatic carboxylic acids is 1. The highest BCUT2D eigenvalue weighted by molar-refractivity contribution is 5.83. The summed E-state index contributed by atoms with van der Waals surface area (Å²) in [5, 5.41) is 11.0. The van der Waals surface area contributed by atoms with Gasteiger partial charge >= 0.3 is 5.97 Å². The van der Waals surface area contributed by atoms with Crippen molar-refractivity contribution in [2.45, 2.75) is 38.3 Å². The molecule has 4 N–H and O–H groups in total. The number of carbonyl (C=O) groups is 2. The van der Waals surface area contributed by atoms with Crippen LogP contribution < -0.4 is 11.1 Å². The lowest BCUT2D eigenvalue weighted by atomic mass is 10.1. The summed E-state index contributed by atoms with van der Waals surface area (Å²) in [4.78, 5) is 21.9. The molecule has 0 bridgehead atoms. The summed E-state index contributed by atoms with van der Waals surface area (Å²) in [6.07, 6.45) is 5.70. The van der Waals surface area contributed by atoms with Crippen molar-refractivity contribution in [1.82, 2.24) is 5.32 Å². The zero-order valence-corrected chi connectivity index (χ0v) is 8.69. The summed E-state index contributed by atoms with van der Waals surface area (Å²) in [6.45, 7) is 1.78. The van der Waals surface area contributed by atoms with Gasteiger partial charge in [-0.3, -0.25) is 4.79 Å². The smallest absolute Gasteiger partial charge is 0.327 e. The molecule has 0 aliphatic heterocycles. The Balaban J connectivity index is 4.01. The lowest BCUT2D eigenvalue weighted by molar-refractivity contribution is -0.141. The van der Waals surface area contributed by atoms with Crippen molar-refractivity contribution in [3.05, 3.63) is 0 Å². The van der Waals surface area contributed by atoms with E-state index in [1.54, 1.807) is 6.92 Å². The molecule has 1 amide bonds. The van der Waals surface area contributed by atoms with E-state index < -0.39 is 12.0 Å². The molecule has 0 saturated carbocycles. The summed E-state index contributed by atoms with van der Waals surface area (Å²) >= 11 is 0. The minimum Gasteiger partial charge on any atom is -0.480 e. The molecule has 0 fully saturated rings. The third-order valence-electron chi connectivity index (χ3n) is 1.78. The summed E-state index contributed by atoms with van der Waals surface area (Å²) < 4.78 is 0. The number of carbonyl (C=O) groups excluding carboxylic acids is 1. The highest BCUT2D eigenvalue weighted by Crippen LogP contribution is 1.96. The molecule has 0 spiro atoms. The second-order valence-electron chi connectivity index (χ2n) is 3.38. The molecule has 0 aromatic heterocycles. The van der Waals surface area contributed by atoms with Crippen molar-refractivity contribution < 1.29 is 14.7 Å². The Hall–Kier alpha value is -1.54. The van der Waals surface area contributed by atoms with Gasteiger partial charge in [0.2, 0.25) is 5.91 Å². The SMILES string of the molecule is C#CCC(NC(=O)CCC(C)N)C(=O)O. The van der Waals surface area contributed by atoms with Crippen LogP contribution in [0.3, 0.4) is 0 Å². The van der Waals surface area contributed by atoms with Crippen LogP contribution in [0.2, 0.25) is 0 Å². The monoisotopic (exact) mass is 212 g/mol. The van der Waals surface area contributed by atoms with Gasteiger partial charge in [-0.25, -0.2) is 4.79 Å². The first-order valence-electron chi connectivity index (χ1n) is 4.68. The normalized spacial score (nSPS) is 13.7. The van der Waals surface area contributed by atoms with Crippen LogP contribution in [0, 0.1) is 12.3 Å². The maximum absolute atomic E-state index is 11.2. The van der Waals surface area contributed by atoms with Crippen molar-refractivity contribution in [1.29, 1.82) is 0 Å². The summed E-state index contributed by atoms with van der Waals surface area (Å²) in [5.74, 6) is 0.738. The van der Waals surface area contributed by atoms with Crippen LogP contribution in [0.4, 0.5) is 0 Å². The van der Waals surface area contributed by atoms with Gasteiger partial charge in [-0.1, -0.05) is 0 Å². The molecule has 5 nitrogen and oxygen atoms in total. The van der Waals surface area contributed by atoms with E-state index in [9.17, 15) is 9.59 Å². The van der Waals surface area contributed by atoms with Crippen molar-refractivity contribution in [2.24, 2.45) is 5.73 Å². The molecule has 2 unspecified atom stereocenters. The van der Waals surface area contributed by atoms with Gasteiger partial charge in [0.05, 0.1) is 0 Å². The lowest BCUT2D eigenvalue weighted by Crippen LogP contribution is -2.40. The molecule has 0 aromatic rings. The molecular formula is C10H16N2O3. The van der Waals surface area contributed by atoms with E-state index >= 15 is 0 Å². The van der Waals surface area contributed by atoms with E-state index in [-0.39, 0.29) is 24.8 Å². The third-order valence-corrected chi connectivity index (χ3v) is 1.78. The quantitative estimate of drug-likeness (QED) is 0.527. The Morgan fingerprint density at radius 3 is 2.60 bits per heavy atom. The lowest BCUT2D eigenvalue weighted by Gasteiger charge is -2.12. The second-order valence-corrected chi connectivity index (χ2v) is 3.38. The van der Waals surface area contributed by atoms with E-state index in [1.807, 2.05) is 0 Å². The molecule has 0 aliphatic carbocycles. The van der Waals surface area contributed by atoms with Crippen LogP contribution in [-0.4, -0.2) is 29.1 Å². The van der Waals surface area contributed by atoms with E-state index in [0.717, 1.165) is 0 Å². The standard InChI is InChI=1S/C10H16N2O3/c1-3-4-8(10(14)15)12-9(13)6-5-7(2)11/h1,7-8H,4-6,11H2,2H3,(H,12,13)(H,14,15). The Labute approximate surface area is 89.0 Å². The van der Waals surface area contributed by atoms with Gasteiger partial charge in [-0.2, -0.15) is 0 Å². The highest BCUT2D eigenvalue weighted by Gasteiger charge is 2.18.